The van der Waals surface area contributed by atoms with Crippen molar-refractivity contribution in [3.63, 3.8) is 0 Å². The van der Waals surface area contributed by atoms with E-state index in [1.807, 2.05) is 31.2 Å². The molecule has 0 heterocycles. The number of aliphatic hydroxyl groups excluding tert-OH is 1. The van der Waals surface area contributed by atoms with Gasteiger partial charge < -0.3 is 10.2 Å². The van der Waals surface area contributed by atoms with E-state index in [4.69, 9.17) is 5.11 Å². The second kappa shape index (κ2) is 29.4. The van der Waals surface area contributed by atoms with Crippen molar-refractivity contribution in [1.29, 1.82) is 0 Å². The zero-order valence-electron chi connectivity index (χ0n) is 24.6. The van der Waals surface area contributed by atoms with Crippen LogP contribution in [0.1, 0.15) is 129 Å². The third kappa shape index (κ3) is 28.4. The molecule has 0 aliphatic heterocycles. The molecule has 0 amide bonds. The normalized spacial score (nSPS) is 14.4. The molecule has 0 aromatic heterocycles. The van der Waals surface area contributed by atoms with Crippen LogP contribution in [0.2, 0.25) is 0 Å². The lowest BCUT2D eigenvalue weighted by Gasteiger charge is -2.05. The van der Waals surface area contributed by atoms with Crippen molar-refractivity contribution in [3.05, 3.63) is 72.9 Å². The van der Waals surface area contributed by atoms with Crippen molar-refractivity contribution in [3.8, 4) is 0 Å². The summed E-state index contributed by atoms with van der Waals surface area (Å²) in [6, 6.07) is 0. The number of carbonyl (C=O) groups is 1. The molecule has 2 N–H and O–H groups in total. The van der Waals surface area contributed by atoms with Gasteiger partial charge in [-0.25, -0.2) is 0 Å². The molecule has 0 saturated heterocycles. The Kier molecular flexibility index (Phi) is 27.8. The van der Waals surface area contributed by atoms with Gasteiger partial charge >= 0.3 is 5.97 Å². The topological polar surface area (TPSA) is 57.5 Å². The summed E-state index contributed by atoms with van der Waals surface area (Å²) in [6.45, 7) is 3.90. The van der Waals surface area contributed by atoms with Gasteiger partial charge in [0.2, 0.25) is 0 Å². The summed E-state index contributed by atoms with van der Waals surface area (Å²) in [5.74, 6) is -0.846. The molecule has 3 nitrogen and oxygen atoms in total. The van der Waals surface area contributed by atoms with Crippen LogP contribution in [0, 0.1) is 5.92 Å². The first-order chi connectivity index (χ1) is 18.6. The fourth-order valence-corrected chi connectivity index (χ4v) is 4.09. The molecule has 0 saturated carbocycles. The summed E-state index contributed by atoms with van der Waals surface area (Å²) >= 11 is 0. The Labute approximate surface area is 235 Å². The van der Waals surface area contributed by atoms with Crippen LogP contribution < -0.4 is 0 Å². The van der Waals surface area contributed by atoms with Gasteiger partial charge in [0, 0.05) is 0 Å². The molecule has 38 heavy (non-hydrogen) atoms. The number of aliphatic hydroxyl groups is 1. The minimum Gasteiger partial charge on any atom is -0.481 e. The minimum absolute atomic E-state index is 0.187. The number of hydrogen-bond donors (Lipinski definition) is 2. The maximum Gasteiger partial charge on any atom is 0.306 e. The van der Waals surface area contributed by atoms with Gasteiger partial charge in [-0.3, -0.25) is 4.79 Å². The van der Waals surface area contributed by atoms with Crippen molar-refractivity contribution >= 4 is 5.97 Å². The molecular weight excluding hydrogens is 468 g/mol. The number of allylic oxidation sites excluding steroid dienone is 10. The lowest BCUT2D eigenvalue weighted by Crippen LogP contribution is -2.08. The molecule has 216 valence electrons. The third-order valence-corrected chi connectivity index (χ3v) is 6.61. The molecule has 0 bridgehead atoms. The highest BCUT2D eigenvalue weighted by atomic mass is 16.4. The molecule has 0 aliphatic carbocycles. The summed E-state index contributed by atoms with van der Waals surface area (Å²) in [5.41, 5.74) is 0. The van der Waals surface area contributed by atoms with Gasteiger partial charge in [-0.2, -0.15) is 0 Å². The maximum absolute atomic E-state index is 10.8. The monoisotopic (exact) mass is 526 g/mol. The summed E-state index contributed by atoms with van der Waals surface area (Å²) in [4.78, 5) is 10.8. The van der Waals surface area contributed by atoms with Gasteiger partial charge in [-0.1, -0.05) is 151 Å². The molecule has 0 fully saturated rings. The van der Waals surface area contributed by atoms with E-state index in [9.17, 15) is 9.90 Å². The quantitative estimate of drug-likeness (QED) is 0.0669. The largest absolute Gasteiger partial charge is 0.481 e. The van der Waals surface area contributed by atoms with Crippen LogP contribution in [0.3, 0.4) is 0 Å². The SMILES string of the molecule is CC/C=C\CC(O)/C=C/C=C\C/C=C\C/C=C\C/C=C\CCCCCCCCCCCCC[C@H](C)C(=O)O. The average Bonchev–Trinajstić information content (AvgIpc) is 2.90. The second-order valence-electron chi connectivity index (χ2n) is 10.3. The maximum atomic E-state index is 10.8. The molecule has 0 aromatic rings. The lowest BCUT2D eigenvalue weighted by atomic mass is 10.0. The van der Waals surface area contributed by atoms with E-state index in [0.717, 1.165) is 38.5 Å². The molecular formula is C35H58O3. The predicted octanol–water partition coefficient (Wildman–Crippen LogP) is 10.4. The van der Waals surface area contributed by atoms with Crippen LogP contribution in [0.5, 0.6) is 0 Å². The zero-order chi connectivity index (χ0) is 27.9. The molecule has 0 radical (unpaired) electrons. The van der Waals surface area contributed by atoms with Crippen molar-refractivity contribution in [2.75, 3.05) is 0 Å². The van der Waals surface area contributed by atoms with Gasteiger partial charge in [0.25, 0.3) is 0 Å². The van der Waals surface area contributed by atoms with Crippen LogP contribution in [0.15, 0.2) is 72.9 Å². The number of aliphatic carboxylic acids is 1. The summed E-state index contributed by atoms with van der Waals surface area (Å²) in [5, 5.41) is 18.6. The lowest BCUT2D eigenvalue weighted by molar-refractivity contribution is -0.141. The van der Waals surface area contributed by atoms with Gasteiger partial charge in [-0.15, -0.1) is 0 Å². The van der Waals surface area contributed by atoms with Crippen molar-refractivity contribution in [2.24, 2.45) is 5.92 Å². The summed E-state index contributed by atoms with van der Waals surface area (Å²) in [7, 11) is 0. The van der Waals surface area contributed by atoms with Crippen molar-refractivity contribution < 1.29 is 15.0 Å². The number of unbranched alkanes of at least 4 members (excludes halogenated alkanes) is 11. The first-order valence-electron chi connectivity index (χ1n) is 15.4. The third-order valence-electron chi connectivity index (χ3n) is 6.61. The Balaban J connectivity index is 3.43. The highest BCUT2D eigenvalue weighted by Crippen LogP contribution is 2.14. The van der Waals surface area contributed by atoms with Crippen LogP contribution in [0.25, 0.3) is 0 Å². The molecule has 0 aliphatic rings. The molecule has 0 aromatic carbocycles. The van der Waals surface area contributed by atoms with Crippen molar-refractivity contribution in [2.45, 2.75) is 136 Å². The highest BCUT2D eigenvalue weighted by Gasteiger charge is 2.09. The van der Waals surface area contributed by atoms with E-state index in [0.29, 0.717) is 6.42 Å². The van der Waals surface area contributed by atoms with E-state index in [2.05, 4.69) is 55.5 Å². The number of hydrogen-bond acceptors (Lipinski definition) is 2. The number of carboxylic acid groups (broad SMARTS) is 1. The van der Waals surface area contributed by atoms with Crippen LogP contribution in [-0.4, -0.2) is 22.3 Å². The smallest absolute Gasteiger partial charge is 0.306 e. The van der Waals surface area contributed by atoms with E-state index >= 15 is 0 Å². The molecule has 0 spiro atoms. The predicted molar refractivity (Wildman–Crippen MR) is 166 cm³/mol. The Bertz CT molecular complexity index is 696. The van der Waals surface area contributed by atoms with E-state index in [1.165, 1.54) is 70.6 Å². The van der Waals surface area contributed by atoms with Crippen molar-refractivity contribution in [1.82, 2.24) is 0 Å². The average molecular weight is 527 g/mol. The number of carboxylic acids is 1. The fraction of sp³-hybridized carbons (Fsp3) is 0.629. The highest BCUT2D eigenvalue weighted by molar-refractivity contribution is 5.69. The molecule has 1 unspecified atom stereocenters. The Morgan fingerprint density at radius 1 is 0.632 bits per heavy atom. The Morgan fingerprint density at radius 2 is 1.13 bits per heavy atom. The van der Waals surface area contributed by atoms with Gasteiger partial charge in [-0.05, 0) is 51.4 Å². The summed E-state index contributed by atoms with van der Waals surface area (Å²) in [6.07, 6.45) is 45.8. The molecule has 0 rings (SSSR count). The Hall–Kier alpha value is -2.13. The second-order valence-corrected chi connectivity index (χ2v) is 10.3. The van der Waals surface area contributed by atoms with E-state index < -0.39 is 12.1 Å². The Morgan fingerprint density at radius 3 is 1.68 bits per heavy atom. The van der Waals surface area contributed by atoms with Crippen LogP contribution >= 0.6 is 0 Å². The zero-order valence-corrected chi connectivity index (χ0v) is 24.6. The first-order valence-corrected chi connectivity index (χ1v) is 15.4. The molecule has 2 atom stereocenters. The van der Waals surface area contributed by atoms with Gasteiger partial charge in [0.05, 0.1) is 12.0 Å². The first kappa shape index (κ1) is 35.9. The summed E-state index contributed by atoms with van der Waals surface area (Å²) < 4.78 is 0. The standard InChI is InChI=1S/C35H58O3/c1-3-4-27-31-34(36)32-29-26-24-22-20-18-16-14-12-10-8-6-5-7-9-11-13-15-17-19-21-23-25-28-30-33(2)35(37)38/h4,6,8,12,14,18,20,24,26-27,29,32-34,36H,3,5,7,9-11,13,15-17,19,21-23,25,28,30-31H2,1-2H3,(H,37,38)/b8-6-,14-12-,20-18-,26-24-,27-4-,32-29+/t33-,34?/m0/s1. The minimum atomic E-state index is -0.660. The van der Waals surface area contributed by atoms with Gasteiger partial charge in [0.15, 0.2) is 0 Å². The van der Waals surface area contributed by atoms with Crippen LogP contribution in [0.4, 0.5) is 0 Å². The van der Waals surface area contributed by atoms with E-state index in [-0.39, 0.29) is 5.92 Å². The molecule has 3 heteroatoms. The van der Waals surface area contributed by atoms with Crippen LogP contribution in [-0.2, 0) is 4.79 Å². The number of rotatable bonds is 26. The van der Waals surface area contributed by atoms with Gasteiger partial charge in [0.1, 0.15) is 0 Å². The fourth-order valence-electron chi connectivity index (χ4n) is 4.09. The van der Waals surface area contributed by atoms with E-state index in [1.54, 1.807) is 0 Å².